The van der Waals surface area contributed by atoms with Crippen LogP contribution >= 0.6 is 0 Å². The molecule has 1 aromatic carbocycles. The van der Waals surface area contributed by atoms with Gasteiger partial charge in [0.2, 0.25) is 5.91 Å². The summed E-state index contributed by atoms with van der Waals surface area (Å²) >= 11 is 0. The highest BCUT2D eigenvalue weighted by Crippen LogP contribution is 2.29. The summed E-state index contributed by atoms with van der Waals surface area (Å²) in [4.78, 5) is 11.1. The molecule has 4 N–H and O–H groups in total. The second kappa shape index (κ2) is 6.45. The van der Waals surface area contributed by atoms with Gasteiger partial charge in [-0.25, -0.2) is 4.39 Å². The maximum Gasteiger partial charge on any atom is 0.220 e. The molecule has 1 heterocycles. The molecule has 2 rings (SSSR count). The number of carbonyl (C=O) groups excluding carboxylic acids is 1. The lowest BCUT2D eigenvalue weighted by molar-refractivity contribution is -0.122. The number of halogens is 1. The molecular formula is C14H20FN3O2. The van der Waals surface area contributed by atoms with Crippen molar-refractivity contribution in [3.8, 4) is 5.75 Å². The number of nitrogens with one attached hydrogen (secondary N) is 2. The normalized spacial score (nSPS) is 18.5. The van der Waals surface area contributed by atoms with Crippen LogP contribution in [0.3, 0.4) is 0 Å². The number of benzene rings is 1. The van der Waals surface area contributed by atoms with Gasteiger partial charge in [0.1, 0.15) is 0 Å². The van der Waals surface area contributed by atoms with E-state index in [2.05, 4.69) is 10.6 Å². The van der Waals surface area contributed by atoms with E-state index >= 15 is 0 Å². The smallest absolute Gasteiger partial charge is 0.220 e. The van der Waals surface area contributed by atoms with E-state index in [1.54, 1.807) is 6.07 Å². The van der Waals surface area contributed by atoms with E-state index in [-0.39, 0.29) is 17.7 Å². The lowest BCUT2D eigenvalue weighted by Gasteiger charge is -2.25. The highest BCUT2D eigenvalue weighted by atomic mass is 19.1. The predicted molar refractivity (Wildman–Crippen MR) is 76.3 cm³/mol. The first-order chi connectivity index (χ1) is 9.60. The SMILES string of the molecule is CCCOc1cc(NC2CCC(=O)NC2)c(N)cc1F. The molecule has 0 aliphatic carbocycles. The van der Waals surface area contributed by atoms with Gasteiger partial charge < -0.3 is 21.1 Å². The number of ether oxygens (including phenoxy) is 1. The van der Waals surface area contributed by atoms with Crippen LogP contribution in [0, 0.1) is 5.82 Å². The van der Waals surface area contributed by atoms with Crippen LogP contribution in [0.2, 0.25) is 0 Å². The zero-order valence-electron chi connectivity index (χ0n) is 11.5. The van der Waals surface area contributed by atoms with Gasteiger partial charge in [0.05, 0.1) is 18.0 Å². The molecule has 0 spiro atoms. The predicted octanol–water partition coefficient (Wildman–Crippen LogP) is 1.89. The van der Waals surface area contributed by atoms with Crippen LogP contribution in [0.1, 0.15) is 26.2 Å². The van der Waals surface area contributed by atoms with Crippen LogP contribution < -0.4 is 21.1 Å². The maximum absolute atomic E-state index is 13.7. The Kier molecular flexibility index (Phi) is 4.65. The van der Waals surface area contributed by atoms with Crippen molar-refractivity contribution >= 4 is 17.3 Å². The zero-order chi connectivity index (χ0) is 14.5. The standard InChI is InChI=1S/C14H20FN3O2/c1-2-5-20-13-7-12(11(16)6-10(13)15)18-9-3-4-14(19)17-8-9/h6-7,9,18H,2-5,8,16H2,1H3,(H,17,19). The largest absolute Gasteiger partial charge is 0.490 e. The first-order valence-electron chi connectivity index (χ1n) is 6.85. The van der Waals surface area contributed by atoms with Gasteiger partial charge in [0, 0.05) is 31.1 Å². The van der Waals surface area contributed by atoms with Crippen molar-refractivity contribution in [1.82, 2.24) is 5.32 Å². The second-order valence-electron chi connectivity index (χ2n) is 4.90. The van der Waals surface area contributed by atoms with Gasteiger partial charge in [-0.15, -0.1) is 0 Å². The molecule has 1 aromatic rings. The van der Waals surface area contributed by atoms with Crippen molar-refractivity contribution in [3.05, 3.63) is 17.9 Å². The van der Waals surface area contributed by atoms with Crippen LogP contribution in [0.4, 0.5) is 15.8 Å². The average Bonchev–Trinajstić information content (AvgIpc) is 2.43. The third-order valence-corrected chi connectivity index (χ3v) is 3.19. The summed E-state index contributed by atoms with van der Waals surface area (Å²) in [6.07, 6.45) is 2.02. The number of hydrogen-bond acceptors (Lipinski definition) is 4. The fourth-order valence-electron chi connectivity index (χ4n) is 2.09. The lowest BCUT2D eigenvalue weighted by atomic mass is 10.1. The molecule has 1 unspecified atom stereocenters. The van der Waals surface area contributed by atoms with Crippen LogP contribution in [-0.4, -0.2) is 25.1 Å². The van der Waals surface area contributed by atoms with Crippen molar-refractivity contribution < 1.29 is 13.9 Å². The fourth-order valence-corrected chi connectivity index (χ4v) is 2.09. The number of anilines is 2. The topological polar surface area (TPSA) is 76.4 Å². The van der Waals surface area contributed by atoms with Crippen LogP contribution in [0.15, 0.2) is 12.1 Å². The van der Waals surface area contributed by atoms with Crippen LogP contribution in [-0.2, 0) is 4.79 Å². The summed E-state index contributed by atoms with van der Waals surface area (Å²) in [6.45, 7) is 2.96. The van der Waals surface area contributed by atoms with Gasteiger partial charge >= 0.3 is 0 Å². The number of amides is 1. The summed E-state index contributed by atoms with van der Waals surface area (Å²) in [5.74, 6) is -0.205. The van der Waals surface area contributed by atoms with E-state index in [1.807, 2.05) is 6.92 Å². The summed E-state index contributed by atoms with van der Waals surface area (Å²) in [6, 6.07) is 2.94. The molecule has 1 amide bonds. The van der Waals surface area contributed by atoms with E-state index in [0.29, 0.717) is 30.9 Å². The minimum Gasteiger partial charge on any atom is -0.490 e. The van der Waals surface area contributed by atoms with Gasteiger partial charge in [-0.05, 0) is 12.8 Å². The summed E-state index contributed by atoms with van der Waals surface area (Å²) in [5, 5.41) is 6.01. The van der Waals surface area contributed by atoms with Crippen LogP contribution in [0.25, 0.3) is 0 Å². The Labute approximate surface area is 117 Å². The van der Waals surface area contributed by atoms with Crippen molar-refractivity contribution in [2.24, 2.45) is 0 Å². The minimum atomic E-state index is -0.460. The van der Waals surface area contributed by atoms with Crippen LogP contribution in [0.5, 0.6) is 5.75 Å². The van der Waals surface area contributed by atoms with Gasteiger partial charge in [-0.2, -0.15) is 0 Å². The number of rotatable bonds is 5. The molecule has 20 heavy (non-hydrogen) atoms. The third-order valence-electron chi connectivity index (χ3n) is 3.19. The molecule has 0 bridgehead atoms. The average molecular weight is 281 g/mol. The van der Waals surface area contributed by atoms with Crippen molar-refractivity contribution in [2.45, 2.75) is 32.2 Å². The molecule has 1 aliphatic heterocycles. The Balaban J connectivity index is 2.08. The zero-order valence-corrected chi connectivity index (χ0v) is 11.5. The number of piperidine rings is 1. The molecule has 1 saturated heterocycles. The monoisotopic (exact) mass is 281 g/mol. The number of nitrogens with two attached hydrogens (primary N) is 1. The first kappa shape index (κ1) is 14.4. The highest BCUT2D eigenvalue weighted by Gasteiger charge is 2.19. The van der Waals surface area contributed by atoms with Gasteiger partial charge in [-0.1, -0.05) is 6.92 Å². The molecule has 1 atom stereocenters. The lowest BCUT2D eigenvalue weighted by Crippen LogP contribution is -2.42. The van der Waals surface area contributed by atoms with E-state index in [4.69, 9.17) is 10.5 Å². The Morgan fingerprint density at radius 3 is 3.00 bits per heavy atom. The fraction of sp³-hybridized carbons (Fsp3) is 0.500. The summed E-state index contributed by atoms with van der Waals surface area (Å²) in [7, 11) is 0. The van der Waals surface area contributed by atoms with Gasteiger partial charge in [-0.3, -0.25) is 4.79 Å². The summed E-state index contributed by atoms with van der Waals surface area (Å²) < 4.78 is 19.0. The molecule has 0 aromatic heterocycles. The summed E-state index contributed by atoms with van der Waals surface area (Å²) in [5.41, 5.74) is 6.79. The van der Waals surface area contributed by atoms with Crippen molar-refractivity contribution in [1.29, 1.82) is 0 Å². The van der Waals surface area contributed by atoms with Crippen molar-refractivity contribution in [3.63, 3.8) is 0 Å². The Hall–Kier alpha value is -1.98. The molecule has 0 radical (unpaired) electrons. The maximum atomic E-state index is 13.7. The van der Waals surface area contributed by atoms with Crippen molar-refractivity contribution in [2.75, 3.05) is 24.2 Å². The molecule has 110 valence electrons. The third kappa shape index (κ3) is 3.53. The Morgan fingerprint density at radius 2 is 2.35 bits per heavy atom. The van der Waals surface area contributed by atoms with E-state index in [1.165, 1.54) is 6.07 Å². The Morgan fingerprint density at radius 1 is 1.55 bits per heavy atom. The number of nitrogen functional groups attached to an aromatic ring is 1. The quantitative estimate of drug-likeness (QED) is 0.720. The number of carbonyl (C=O) groups is 1. The van der Waals surface area contributed by atoms with E-state index < -0.39 is 5.82 Å². The first-order valence-corrected chi connectivity index (χ1v) is 6.85. The van der Waals surface area contributed by atoms with E-state index in [0.717, 1.165) is 12.8 Å². The van der Waals surface area contributed by atoms with E-state index in [9.17, 15) is 9.18 Å². The number of hydrogen-bond donors (Lipinski definition) is 3. The minimum absolute atomic E-state index is 0.0575. The van der Waals surface area contributed by atoms with Gasteiger partial charge in [0.15, 0.2) is 11.6 Å². The second-order valence-corrected chi connectivity index (χ2v) is 4.90. The molecule has 6 heteroatoms. The molecule has 0 saturated carbocycles. The Bertz CT molecular complexity index is 484. The molecule has 1 fully saturated rings. The molecule has 1 aliphatic rings. The highest BCUT2D eigenvalue weighted by molar-refractivity contribution is 5.77. The molecule has 5 nitrogen and oxygen atoms in total. The van der Waals surface area contributed by atoms with Gasteiger partial charge in [0.25, 0.3) is 0 Å². The molecular weight excluding hydrogens is 261 g/mol.